The van der Waals surface area contributed by atoms with Crippen molar-refractivity contribution >= 4 is 50.5 Å². The van der Waals surface area contributed by atoms with Gasteiger partial charge in [0.15, 0.2) is 0 Å². The summed E-state index contributed by atoms with van der Waals surface area (Å²) in [5.74, 6) is 0.485. The number of anilines is 1. The fourth-order valence-corrected chi connectivity index (χ4v) is 2.63. The zero-order valence-electron chi connectivity index (χ0n) is 9.37. The molecule has 0 aliphatic heterocycles. The van der Waals surface area contributed by atoms with Gasteiger partial charge in [-0.15, -0.1) is 11.3 Å². The Kier molecular flexibility index (Phi) is 4.27. The molecule has 0 aliphatic carbocycles. The molecular formula is C12H9BrClNO2S. The number of hydrogen-bond acceptors (Lipinski definition) is 3. The molecule has 94 valence electrons. The molecule has 2 aromatic rings. The summed E-state index contributed by atoms with van der Waals surface area (Å²) in [5, 5.41) is 2.80. The topological polar surface area (TPSA) is 38.3 Å². The van der Waals surface area contributed by atoms with Gasteiger partial charge in [0.1, 0.15) is 5.75 Å². The van der Waals surface area contributed by atoms with Crippen molar-refractivity contribution in [1.29, 1.82) is 0 Å². The second-order valence-electron chi connectivity index (χ2n) is 3.40. The van der Waals surface area contributed by atoms with E-state index in [1.54, 1.807) is 25.3 Å². The van der Waals surface area contributed by atoms with Gasteiger partial charge in [-0.1, -0.05) is 11.6 Å². The summed E-state index contributed by atoms with van der Waals surface area (Å²) in [4.78, 5) is 12.5. The van der Waals surface area contributed by atoms with Crippen molar-refractivity contribution in [2.45, 2.75) is 0 Å². The molecule has 0 saturated carbocycles. The van der Waals surface area contributed by atoms with Gasteiger partial charge < -0.3 is 10.1 Å². The highest BCUT2D eigenvalue weighted by atomic mass is 79.9. The summed E-state index contributed by atoms with van der Waals surface area (Å²) in [7, 11) is 1.58. The van der Waals surface area contributed by atoms with Gasteiger partial charge in [-0.2, -0.15) is 0 Å². The maximum atomic E-state index is 12.0. The Morgan fingerprint density at radius 3 is 2.78 bits per heavy atom. The van der Waals surface area contributed by atoms with E-state index in [9.17, 15) is 4.79 Å². The molecule has 0 radical (unpaired) electrons. The number of methoxy groups -OCH3 is 1. The molecule has 1 aromatic heterocycles. The van der Waals surface area contributed by atoms with Crippen LogP contribution >= 0.6 is 38.9 Å². The predicted octanol–water partition coefficient (Wildman–Crippen LogP) is 4.42. The van der Waals surface area contributed by atoms with Crippen molar-refractivity contribution in [2.75, 3.05) is 12.4 Å². The van der Waals surface area contributed by atoms with Gasteiger partial charge in [-0.05, 0) is 40.2 Å². The first kappa shape index (κ1) is 13.4. The molecule has 0 bridgehead atoms. The van der Waals surface area contributed by atoms with Gasteiger partial charge in [0.2, 0.25) is 0 Å². The Hall–Kier alpha value is -1.04. The van der Waals surface area contributed by atoms with Gasteiger partial charge >= 0.3 is 0 Å². The second kappa shape index (κ2) is 5.73. The highest BCUT2D eigenvalue weighted by molar-refractivity contribution is 9.10. The third-order valence-electron chi connectivity index (χ3n) is 2.22. The summed E-state index contributed by atoms with van der Waals surface area (Å²) in [6.07, 6.45) is 0. The van der Waals surface area contributed by atoms with E-state index >= 15 is 0 Å². The van der Waals surface area contributed by atoms with Gasteiger partial charge in [0.25, 0.3) is 5.91 Å². The van der Waals surface area contributed by atoms with Gasteiger partial charge in [0, 0.05) is 10.5 Å². The molecule has 0 spiro atoms. The molecule has 0 fully saturated rings. The Morgan fingerprint density at radius 1 is 1.39 bits per heavy atom. The maximum absolute atomic E-state index is 12.0. The highest BCUT2D eigenvalue weighted by Crippen LogP contribution is 2.28. The molecule has 1 N–H and O–H groups in total. The molecule has 3 nitrogen and oxygen atoms in total. The third kappa shape index (κ3) is 3.04. The molecule has 0 atom stereocenters. The zero-order valence-corrected chi connectivity index (χ0v) is 12.5. The van der Waals surface area contributed by atoms with Crippen LogP contribution in [0.5, 0.6) is 5.75 Å². The average molecular weight is 347 g/mol. The number of rotatable bonds is 3. The molecule has 2 rings (SSSR count). The minimum Gasteiger partial charge on any atom is -0.497 e. The molecule has 6 heteroatoms. The Bertz CT molecular complexity index is 585. The molecule has 1 amide bonds. The van der Waals surface area contributed by atoms with Crippen LogP contribution in [0.1, 0.15) is 9.67 Å². The van der Waals surface area contributed by atoms with E-state index in [1.165, 1.54) is 11.3 Å². The maximum Gasteiger partial charge on any atom is 0.265 e. The first-order valence-corrected chi connectivity index (χ1v) is 6.99. The minimum atomic E-state index is -0.194. The smallest absolute Gasteiger partial charge is 0.265 e. The number of ether oxygens (including phenoxy) is 1. The number of thiophene rings is 1. The number of carbonyl (C=O) groups excluding carboxylic acids is 1. The van der Waals surface area contributed by atoms with Crippen LogP contribution in [0, 0.1) is 0 Å². The normalized spacial score (nSPS) is 10.2. The highest BCUT2D eigenvalue weighted by Gasteiger charge is 2.11. The predicted molar refractivity (Wildman–Crippen MR) is 78.0 cm³/mol. The largest absolute Gasteiger partial charge is 0.497 e. The van der Waals surface area contributed by atoms with Crippen LogP contribution in [-0.4, -0.2) is 13.0 Å². The van der Waals surface area contributed by atoms with Crippen LogP contribution in [0.25, 0.3) is 0 Å². The number of benzene rings is 1. The van der Waals surface area contributed by atoms with Gasteiger partial charge in [-0.25, -0.2) is 0 Å². The molecular weight excluding hydrogens is 338 g/mol. The lowest BCUT2D eigenvalue weighted by atomic mass is 10.3. The number of nitrogens with one attached hydrogen (secondary N) is 1. The van der Waals surface area contributed by atoms with Crippen LogP contribution in [0.2, 0.25) is 4.34 Å². The summed E-state index contributed by atoms with van der Waals surface area (Å²) < 4.78 is 6.49. The summed E-state index contributed by atoms with van der Waals surface area (Å²) in [6, 6.07) is 8.76. The molecule has 18 heavy (non-hydrogen) atoms. The fourth-order valence-electron chi connectivity index (χ4n) is 1.35. The average Bonchev–Trinajstić information content (AvgIpc) is 2.79. The number of carbonyl (C=O) groups is 1. The Labute approximate surface area is 122 Å². The minimum absolute atomic E-state index is 0.194. The monoisotopic (exact) mass is 345 g/mol. The van der Waals surface area contributed by atoms with Crippen molar-refractivity contribution in [3.05, 3.63) is 44.0 Å². The first-order valence-electron chi connectivity index (χ1n) is 5.00. The quantitative estimate of drug-likeness (QED) is 0.893. The van der Waals surface area contributed by atoms with E-state index in [1.807, 2.05) is 12.1 Å². The van der Waals surface area contributed by atoms with E-state index in [4.69, 9.17) is 16.3 Å². The van der Waals surface area contributed by atoms with Crippen molar-refractivity contribution in [3.63, 3.8) is 0 Å². The first-order chi connectivity index (χ1) is 8.60. The van der Waals surface area contributed by atoms with Crippen LogP contribution in [0.4, 0.5) is 5.69 Å². The van der Waals surface area contributed by atoms with Crippen molar-refractivity contribution < 1.29 is 9.53 Å². The van der Waals surface area contributed by atoms with Crippen molar-refractivity contribution in [3.8, 4) is 5.75 Å². The summed E-state index contributed by atoms with van der Waals surface area (Å²) >= 11 is 10.4. The van der Waals surface area contributed by atoms with Crippen molar-refractivity contribution in [1.82, 2.24) is 0 Å². The number of hydrogen-bond donors (Lipinski definition) is 1. The van der Waals surface area contributed by atoms with Gasteiger partial charge in [0.05, 0.1) is 22.0 Å². The molecule has 1 heterocycles. The summed E-state index contributed by atoms with van der Waals surface area (Å²) in [6.45, 7) is 0. The van der Waals surface area contributed by atoms with E-state index in [0.29, 0.717) is 20.7 Å². The van der Waals surface area contributed by atoms with Crippen LogP contribution in [0.3, 0.4) is 0 Å². The lowest BCUT2D eigenvalue weighted by molar-refractivity contribution is 0.103. The van der Waals surface area contributed by atoms with E-state index in [-0.39, 0.29) is 5.91 Å². The van der Waals surface area contributed by atoms with Crippen LogP contribution in [0.15, 0.2) is 34.8 Å². The van der Waals surface area contributed by atoms with E-state index in [2.05, 4.69) is 21.2 Å². The molecule has 0 saturated heterocycles. The Morgan fingerprint density at radius 2 is 2.17 bits per heavy atom. The second-order valence-corrected chi connectivity index (χ2v) is 5.97. The lowest BCUT2D eigenvalue weighted by Gasteiger charge is -2.08. The zero-order chi connectivity index (χ0) is 13.1. The molecule has 0 unspecified atom stereocenters. The Balaban J connectivity index is 2.21. The van der Waals surface area contributed by atoms with Crippen LogP contribution in [-0.2, 0) is 0 Å². The third-order valence-corrected chi connectivity index (χ3v) is 4.14. The van der Waals surface area contributed by atoms with Crippen molar-refractivity contribution in [2.24, 2.45) is 0 Å². The van der Waals surface area contributed by atoms with E-state index < -0.39 is 0 Å². The SMILES string of the molecule is COc1ccc(Br)c(NC(=O)c2ccc(Cl)s2)c1. The number of amides is 1. The fraction of sp³-hybridized carbons (Fsp3) is 0.0833. The standard InChI is InChI=1S/C12H9BrClNO2S/c1-17-7-2-3-8(13)9(6-7)15-12(16)10-4-5-11(14)18-10/h2-6H,1H3,(H,15,16). The van der Waals surface area contributed by atoms with E-state index in [0.717, 1.165) is 4.47 Å². The number of halogens is 2. The van der Waals surface area contributed by atoms with Crippen LogP contribution < -0.4 is 10.1 Å². The van der Waals surface area contributed by atoms with Gasteiger partial charge in [-0.3, -0.25) is 4.79 Å². The molecule has 0 aliphatic rings. The lowest BCUT2D eigenvalue weighted by Crippen LogP contribution is -2.10. The summed E-state index contributed by atoms with van der Waals surface area (Å²) in [5.41, 5.74) is 0.656. The molecule has 1 aromatic carbocycles.